The largest absolute Gasteiger partial charge is 0.493 e. The summed E-state index contributed by atoms with van der Waals surface area (Å²) < 4.78 is 16.3. The number of aromatic nitrogens is 1. The van der Waals surface area contributed by atoms with Crippen LogP contribution in [0.5, 0.6) is 11.5 Å². The van der Waals surface area contributed by atoms with E-state index in [-0.39, 0.29) is 0 Å². The monoisotopic (exact) mass is 263 g/mol. The quantitative estimate of drug-likeness (QED) is 0.899. The summed E-state index contributed by atoms with van der Waals surface area (Å²) in [5, 5.41) is 3.30. The van der Waals surface area contributed by atoms with Crippen LogP contribution in [0.3, 0.4) is 0 Å². The van der Waals surface area contributed by atoms with Crippen molar-refractivity contribution in [3.8, 4) is 11.5 Å². The molecule has 1 aromatic heterocycles. The molecule has 2 aromatic rings. The molecule has 0 unspecified atom stereocenters. The van der Waals surface area contributed by atoms with Crippen LogP contribution in [0, 0.1) is 0 Å². The summed E-state index contributed by atoms with van der Waals surface area (Å²) in [7, 11) is 3.22. The maximum Gasteiger partial charge on any atom is 0.298 e. The lowest BCUT2D eigenvalue weighted by Gasteiger charge is -2.25. The highest BCUT2D eigenvalue weighted by atomic mass is 16.5. The third-order valence-corrected chi connectivity index (χ3v) is 3.27. The van der Waals surface area contributed by atoms with Gasteiger partial charge in [0.2, 0.25) is 0 Å². The van der Waals surface area contributed by atoms with Crippen LogP contribution in [0.15, 0.2) is 16.5 Å². The molecule has 1 fully saturated rings. The molecule has 0 spiro atoms. The minimum absolute atomic E-state index is 0.651. The van der Waals surface area contributed by atoms with Crippen molar-refractivity contribution in [3.05, 3.63) is 12.1 Å². The molecule has 102 valence electrons. The van der Waals surface area contributed by atoms with E-state index in [1.807, 2.05) is 12.1 Å². The van der Waals surface area contributed by atoms with E-state index < -0.39 is 0 Å². The molecule has 1 saturated heterocycles. The van der Waals surface area contributed by atoms with Crippen molar-refractivity contribution < 1.29 is 13.9 Å². The van der Waals surface area contributed by atoms with Gasteiger partial charge in [0, 0.05) is 38.3 Å². The second-order valence-corrected chi connectivity index (χ2v) is 4.41. The summed E-state index contributed by atoms with van der Waals surface area (Å²) in [5.74, 6) is 1.31. The van der Waals surface area contributed by atoms with E-state index in [0.717, 1.165) is 31.7 Å². The molecule has 0 saturated carbocycles. The highest BCUT2D eigenvalue weighted by molar-refractivity contribution is 5.79. The predicted molar refractivity (Wildman–Crippen MR) is 72.2 cm³/mol. The van der Waals surface area contributed by atoms with Crippen molar-refractivity contribution in [3.63, 3.8) is 0 Å². The normalized spacial score (nSPS) is 15.8. The number of hydrogen-bond acceptors (Lipinski definition) is 6. The first-order valence-corrected chi connectivity index (χ1v) is 6.30. The lowest BCUT2D eigenvalue weighted by atomic mass is 10.3. The fraction of sp³-hybridized carbons (Fsp3) is 0.462. The van der Waals surface area contributed by atoms with Gasteiger partial charge in [-0.3, -0.25) is 0 Å². The highest BCUT2D eigenvalue weighted by Crippen LogP contribution is 2.33. The number of piperazine rings is 1. The lowest BCUT2D eigenvalue weighted by molar-refractivity contribution is 0.355. The number of oxazole rings is 1. The second-order valence-electron chi connectivity index (χ2n) is 4.41. The van der Waals surface area contributed by atoms with Gasteiger partial charge in [0.15, 0.2) is 17.1 Å². The molecule has 6 nitrogen and oxygen atoms in total. The minimum Gasteiger partial charge on any atom is -0.493 e. The van der Waals surface area contributed by atoms with Crippen LogP contribution in [0.25, 0.3) is 11.1 Å². The first-order chi connectivity index (χ1) is 9.31. The molecule has 1 aliphatic rings. The van der Waals surface area contributed by atoms with Gasteiger partial charge in [-0.05, 0) is 0 Å². The van der Waals surface area contributed by atoms with Gasteiger partial charge in [0.05, 0.1) is 14.2 Å². The molecular weight excluding hydrogens is 246 g/mol. The van der Waals surface area contributed by atoms with E-state index in [1.54, 1.807) is 14.2 Å². The second kappa shape index (κ2) is 4.97. The third kappa shape index (κ3) is 2.19. The first kappa shape index (κ1) is 12.1. The first-order valence-electron chi connectivity index (χ1n) is 6.30. The molecular formula is C13H17N3O3. The molecule has 0 atom stereocenters. The van der Waals surface area contributed by atoms with Crippen LogP contribution in [-0.4, -0.2) is 45.4 Å². The van der Waals surface area contributed by atoms with Gasteiger partial charge in [-0.15, -0.1) is 0 Å². The fourth-order valence-corrected chi connectivity index (χ4v) is 2.23. The zero-order chi connectivity index (χ0) is 13.2. The zero-order valence-corrected chi connectivity index (χ0v) is 11.1. The molecule has 0 amide bonds. The number of benzene rings is 1. The average Bonchev–Trinajstić information content (AvgIpc) is 2.89. The lowest BCUT2D eigenvalue weighted by Crippen LogP contribution is -2.43. The molecule has 0 radical (unpaired) electrons. The Hall–Kier alpha value is -1.95. The number of hydrogen-bond donors (Lipinski definition) is 1. The van der Waals surface area contributed by atoms with Crippen LogP contribution in [-0.2, 0) is 0 Å². The zero-order valence-electron chi connectivity index (χ0n) is 11.1. The van der Waals surface area contributed by atoms with E-state index in [2.05, 4.69) is 15.2 Å². The van der Waals surface area contributed by atoms with E-state index in [9.17, 15) is 0 Å². The van der Waals surface area contributed by atoms with Gasteiger partial charge >= 0.3 is 0 Å². The Balaban J connectivity index is 1.99. The Kier molecular flexibility index (Phi) is 3.16. The molecule has 2 heterocycles. The van der Waals surface area contributed by atoms with Gasteiger partial charge in [0.25, 0.3) is 6.01 Å². The van der Waals surface area contributed by atoms with E-state index in [1.165, 1.54) is 0 Å². The number of nitrogens with one attached hydrogen (secondary N) is 1. The van der Waals surface area contributed by atoms with Crippen molar-refractivity contribution in [1.29, 1.82) is 0 Å². The summed E-state index contributed by atoms with van der Waals surface area (Å²) in [5.41, 5.74) is 1.50. The summed E-state index contributed by atoms with van der Waals surface area (Å²) in [6.07, 6.45) is 0. The Morgan fingerprint density at radius 3 is 2.53 bits per heavy atom. The maximum absolute atomic E-state index is 5.80. The van der Waals surface area contributed by atoms with Crippen LogP contribution < -0.4 is 19.7 Å². The smallest absolute Gasteiger partial charge is 0.298 e. The fourth-order valence-electron chi connectivity index (χ4n) is 2.23. The van der Waals surface area contributed by atoms with Gasteiger partial charge in [-0.2, -0.15) is 4.98 Å². The molecule has 6 heteroatoms. The topological polar surface area (TPSA) is 59.8 Å². The Morgan fingerprint density at radius 2 is 1.84 bits per heavy atom. The average molecular weight is 263 g/mol. The molecule has 3 rings (SSSR count). The summed E-state index contributed by atoms with van der Waals surface area (Å²) in [6.45, 7) is 3.71. The van der Waals surface area contributed by atoms with E-state index in [0.29, 0.717) is 23.1 Å². The molecule has 1 N–H and O–H groups in total. The van der Waals surface area contributed by atoms with Gasteiger partial charge in [-0.25, -0.2) is 0 Å². The van der Waals surface area contributed by atoms with Crippen molar-refractivity contribution in [2.24, 2.45) is 0 Å². The van der Waals surface area contributed by atoms with Gasteiger partial charge < -0.3 is 24.1 Å². The van der Waals surface area contributed by atoms with Crippen LogP contribution in [0.2, 0.25) is 0 Å². The van der Waals surface area contributed by atoms with Crippen molar-refractivity contribution >= 4 is 17.1 Å². The molecule has 1 aliphatic heterocycles. The Labute approximate surface area is 111 Å². The van der Waals surface area contributed by atoms with Crippen LogP contribution in [0.1, 0.15) is 0 Å². The van der Waals surface area contributed by atoms with Crippen molar-refractivity contribution in [2.75, 3.05) is 45.3 Å². The van der Waals surface area contributed by atoms with E-state index >= 15 is 0 Å². The predicted octanol–water partition coefficient (Wildman–Crippen LogP) is 1.25. The van der Waals surface area contributed by atoms with Crippen LogP contribution in [0.4, 0.5) is 6.01 Å². The van der Waals surface area contributed by atoms with Gasteiger partial charge in [0.1, 0.15) is 5.52 Å². The maximum atomic E-state index is 5.80. The number of anilines is 1. The molecule has 1 aromatic carbocycles. The number of methoxy groups -OCH3 is 2. The molecule has 19 heavy (non-hydrogen) atoms. The number of rotatable bonds is 3. The molecule has 0 bridgehead atoms. The SMILES string of the molecule is COc1cc2nc(N3CCNCC3)oc2cc1OC. The standard InChI is InChI=1S/C13H17N3O3/c1-17-11-7-9-10(8-12(11)18-2)19-13(15-9)16-5-3-14-4-6-16/h7-8,14H,3-6H2,1-2H3. The summed E-state index contributed by atoms with van der Waals surface area (Å²) in [4.78, 5) is 6.65. The third-order valence-electron chi connectivity index (χ3n) is 3.27. The number of nitrogens with zero attached hydrogens (tertiary/aromatic N) is 2. The van der Waals surface area contributed by atoms with Crippen LogP contribution >= 0.6 is 0 Å². The minimum atomic E-state index is 0.651. The number of fused-ring (bicyclic) bond motifs is 1. The van der Waals surface area contributed by atoms with Crippen molar-refractivity contribution in [1.82, 2.24) is 10.3 Å². The van der Waals surface area contributed by atoms with E-state index in [4.69, 9.17) is 13.9 Å². The molecule has 0 aliphatic carbocycles. The van der Waals surface area contributed by atoms with Crippen molar-refractivity contribution in [2.45, 2.75) is 0 Å². The Bertz CT molecular complexity index is 535. The highest BCUT2D eigenvalue weighted by Gasteiger charge is 2.18. The Morgan fingerprint density at radius 1 is 1.16 bits per heavy atom. The summed E-state index contributed by atoms with van der Waals surface area (Å²) >= 11 is 0. The summed E-state index contributed by atoms with van der Waals surface area (Å²) in [6, 6.07) is 4.31. The number of ether oxygens (including phenoxy) is 2. The van der Waals surface area contributed by atoms with Gasteiger partial charge in [-0.1, -0.05) is 0 Å².